The summed E-state index contributed by atoms with van der Waals surface area (Å²) in [6.07, 6.45) is 4.64. The zero-order valence-corrected chi connectivity index (χ0v) is 5.39. The highest BCUT2D eigenvalue weighted by Gasteiger charge is 2.72. The Morgan fingerprint density at radius 2 is 1.78 bits per heavy atom. The Hall–Kier alpha value is -0.330. The SMILES string of the molecule is O=C1C[C@@H]2CC23C[C@H]3C1. The van der Waals surface area contributed by atoms with Crippen molar-refractivity contribution in [1.29, 1.82) is 0 Å². The zero-order valence-electron chi connectivity index (χ0n) is 5.39. The van der Waals surface area contributed by atoms with Crippen LogP contribution in [0.4, 0.5) is 0 Å². The minimum Gasteiger partial charge on any atom is -0.300 e. The lowest BCUT2D eigenvalue weighted by Gasteiger charge is -2.04. The molecule has 0 heterocycles. The summed E-state index contributed by atoms with van der Waals surface area (Å²) in [6, 6.07) is 0. The molecule has 0 aromatic heterocycles. The maximum atomic E-state index is 10.9. The Balaban J connectivity index is 1.95. The van der Waals surface area contributed by atoms with E-state index in [9.17, 15) is 4.79 Å². The lowest BCUT2D eigenvalue weighted by atomic mass is 10.00. The standard InChI is InChI=1S/C8H10O/c9-7-1-5-3-8(5)4-6(8)2-7/h5-6H,1-4H2/t5-,6-,8?/m1/s1. The zero-order chi connectivity index (χ0) is 6.06. The second-order valence-corrected chi connectivity index (χ2v) is 3.98. The molecule has 2 atom stereocenters. The van der Waals surface area contributed by atoms with Gasteiger partial charge in [0, 0.05) is 12.8 Å². The third-order valence-electron chi connectivity index (χ3n) is 3.51. The van der Waals surface area contributed by atoms with E-state index in [-0.39, 0.29) is 0 Å². The van der Waals surface area contributed by atoms with Gasteiger partial charge in [-0.25, -0.2) is 0 Å². The van der Waals surface area contributed by atoms with Crippen LogP contribution in [-0.4, -0.2) is 5.78 Å². The summed E-state index contributed by atoms with van der Waals surface area (Å²) in [5, 5.41) is 0. The number of ketones is 1. The predicted molar refractivity (Wildman–Crippen MR) is 32.9 cm³/mol. The Morgan fingerprint density at radius 3 is 2.33 bits per heavy atom. The summed E-state index contributed by atoms with van der Waals surface area (Å²) in [7, 11) is 0. The van der Waals surface area contributed by atoms with Gasteiger partial charge in [-0.05, 0) is 30.1 Å². The highest BCUT2D eigenvalue weighted by molar-refractivity contribution is 5.82. The number of rotatable bonds is 0. The van der Waals surface area contributed by atoms with Gasteiger partial charge in [-0.2, -0.15) is 0 Å². The molecule has 3 aliphatic carbocycles. The van der Waals surface area contributed by atoms with Gasteiger partial charge in [0.2, 0.25) is 0 Å². The molecule has 1 nitrogen and oxygen atoms in total. The van der Waals surface area contributed by atoms with E-state index in [0.717, 1.165) is 30.1 Å². The fourth-order valence-electron chi connectivity index (χ4n) is 2.73. The van der Waals surface area contributed by atoms with Gasteiger partial charge in [-0.3, -0.25) is 4.79 Å². The summed E-state index contributed by atoms with van der Waals surface area (Å²) < 4.78 is 0. The highest BCUT2D eigenvalue weighted by Crippen LogP contribution is 2.78. The van der Waals surface area contributed by atoms with E-state index in [1.807, 2.05) is 0 Å². The van der Waals surface area contributed by atoms with Crippen molar-refractivity contribution in [3.63, 3.8) is 0 Å². The predicted octanol–water partition coefficient (Wildman–Crippen LogP) is 1.38. The monoisotopic (exact) mass is 122 g/mol. The molecule has 0 N–H and O–H groups in total. The van der Waals surface area contributed by atoms with Crippen LogP contribution in [0.3, 0.4) is 0 Å². The molecule has 1 spiro atoms. The van der Waals surface area contributed by atoms with Crippen molar-refractivity contribution in [2.24, 2.45) is 17.3 Å². The minimum absolute atomic E-state index is 0.538. The molecule has 0 aromatic rings. The number of carbonyl (C=O) groups is 1. The Labute approximate surface area is 54.4 Å². The van der Waals surface area contributed by atoms with Crippen LogP contribution in [-0.2, 0) is 4.79 Å². The van der Waals surface area contributed by atoms with Crippen molar-refractivity contribution >= 4 is 5.78 Å². The van der Waals surface area contributed by atoms with Crippen LogP contribution in [0.1, 0.15) is 25.7 Å². The first-order valence-electron chi connectivity index (χ1n) is 3.83. The molecule has 0 aromatic carbocycles. The molecule has 0 amide bonds. The normalized spacial score (nSPS) is 60.2. The molecule has 3 saturated carbocycles. The van der Waals surface area contributed by atoms with Crippen molar-refractivity contribution in [3.05, 3.63) is 0 Å². The van der Waals surface area contributed by atoms with Crippen LogP contribution >= 0.6 is 0 Å². The van der Waals surface area contributed by atoms with Crippen LogP contribution in [0.25, 0.3) is 0 Å². The quantitative estimate of drug-likeness (QED) is 0.474. The van der Waals surface area contributed by atoms with Crippen molar-refractivity contribution in [2.75, 3.05) is 0 Å². The van der Waals surface area contributed by atoms with Gasteiger partial charge < -0.3 is 0 Å². The van der Waals surface area contributed by atoms with Gasteiger partial charge in [0.25, 0.3) is 0 Å². The highest BCUT2D eigenvalue weighted by atomic mass is 16.1. The fraction of sp³-hybridized carbons (Fsp3) is 0.875. The lowest BCUT2D eigenvalue weighted by Crippen LogP contribution is -2.07. The minimum atomic E-state index is 0.538. The van der Waals surface area contributed by atoms with E-state index in [1.54, 1.807) is 0 Å². The Kier molecular flexibility index (Phi) is 0.487. The van der Waals surface area contributed by atoms with Crippen molar-refractivity contribution < 1.29 is 4.79 Å². The molecule has 0 unspecified atom stereocenters. The van der Waals surface area contributed by atoms with Crippen molar-refractivity contribution in [1.82, 2.24) is 0 Å². The third kappa shape index (κ3) is 0.374. The van der Waals surface area contributed by atoms with Crippen LogP contribution < -0.4 is 0 Å². The number of Topliss-reactive ketones (excluding diaryl/α,β-unsaturated/α-hetero) is 1. The lowest BCUT2D eigenvalue weighted by molar-refractivity contribution is -0.120. The van der Waals surface area contributed by atoms with Crippen LogP contribution in [0.15, 0.2) is 0 Å². The molecule has 0 aliphatic heterocycles. The summed E-state index contributed by atoms with van der Waals surface area (Å²) >= 11 is 0. The van der Waals surface area contributed by atoms with Crippen molar-refractivity contribution in [3.8, 4) is 0 Å². The average Bonchev–Trinajstić information content (AvgIpc) is 2.50. The van der Waals surface area contributed by atoms with Gasteiger partial charge in [0.15, 0.2) is 0 Å². The summed E-state index contributed by atoms with van der Waals surface area (Å²) in [6.45, 7) is 0. The number of hydrogen-bond donors (Lipinski definition) is 0. The molecule has 0 bridgehead atoms. The van der Waals surface area contributed by atoms with Crippen LogP contribution in [0.5, 0.6) is 0 Å². The topological polar surface area (TPSA) is 17.1 Å². The van der Waals surface area contributed by atoms with Gasteiger partial charge in [-0.1, -0.05) is 0 Å². The third-order valence-corrected chi connectivity index (χ3v) is 3.51. The first kappa shape index (κ1) is 4.48. The maximum absolute atomic E-state index is 10.9. The Bertz CT molecular complexity index is 175. The number of carbonyl (C=O) groups excluding carboxylic acids is 1. The smallest absolute Gasteiger partial charge is 0.133 e. The fourth-order valence-corrected chi connectivity index (χ4v) is 2.73. The molecular formula is C8H10O. The van der Waals surface area contributed by atoms with E-state index in [2.05, 4.69) is 0 Å². The first-order chi connectivity index (χ1) is 4.31. The molecule has 9 heavy (non-hydrogen) atoms. The molecule has 3 rings (SSSR count). The molecule has 3 fully saturated rings. The number of hydrogen-bond acceptors (Lipinski definition) is 1. The summed E-state index contributed by atoms with van der Waals surface area (Å²) in [5.41, 5.74) is 0.772. The largest absolute Gasteiger partial charge is 0.300 e. The molecule has 3 aliphatic rings. The second kappa shape index (κ2) is 0.979. The van der Waals surface area contributed by atoms with E-state index < -0.39 is 0 Å². The Morgan fingerprint density at radius 1 is 1.22 bits per heavy atom. The summed E-state index contributed by atoms with van der Waals surface area (Å²) in [5.74, 6) is 2.24. The van der Waals surface area contributed by atoms with Crippen molar-refractivity contribution in [2.45, 2.75) is 25.7 Å². The molecule has 48 valence electrons. The van der Waals surface area contributed by atoms with Gasteiger partial charge in [0.05, 0.1) is 0 Å². The molecule has 0 radical (unpaired) electrons. The first-order valence-corrected chi connectivity index (χ1v) is 3.83. The average molecular weight is 122 g/mol. The van der Waals surface area contributed by atoms with Crippen LogP contribution in [0, 0.1) is 17.3 Å². The van der Waals surface area contributed by atoms with E-state index in [4.69, 9.17) is 0 Å². The second-order valence-electron chi connectivity index (χ2n) is 3.98. The van der Waals surface area contributed by atoms with E-state index in [1.165, 1.54) is 12.8 Å². The van der Waals surface area contributed by atoms with Gasteiger partial charge in [-0.15, -0.1) is 0 Å². The summed E-state index contributed by atoms with van der Waals surface area (Å²) in [4.78, 5) is 10.9. The van der Waals surface area contributed by atoms with Crippen LogP contribution in [0.2, 0.25) is 0 Å². The van der Waals surface area contributed by atoms with E-state index in [0.29, 0.717) is 5.78 Å². The van der Waals surface area contributed by atoms with Gasteiger partial charge >= 0.3 is 0 Å². The molecule has 1 heteroatoms. The molecular weight excluding hydrogens is 112 g/mol. The maximum Gasteiger partial charge on any atom is 0.133 e. The van der Waals surface area contributed by atoms with E-state index >= 15 is 0 Å². The van der Waals surface area contributed by atoms with Gasteiger partial charge in [0.1, 0.15) is 5.78 Å². The molecule has 0 saturated heterocycles.